The molecule has 0 aromatic heterocycles. The number of fused-ring (bicyclic) bond motifs is 2. The van der Waals surface area contributed by atoms with E-state index >= 15 is 0 Å². The number of hydrogen-bond acceptors (Lipinski definition) is 3. The number of benzene rings is 1. The highest BCUT2D eigenvalue weighted by molar-refractivity contribution is 14.0. The van der Waals surface area contributed by atoms with Gasteiger partial charge in [0, 0.05) is 25.7 Å². The van der Waals surface area contributed by atoms with E-state index in [1.807, 2.05) is 0 Å². The van der Waals surface area contributed by atoms with E-state index in [9.17, 15) is 4.79 Å². The fourth-order valence-corrected chi connectivity index (χ4v) is 3.55. The number of guanidine groups is 1. The topological polar surface area (TPSA) is 74.8 Å². The Bertz CT molecular complexity index is 674. The van der Waals surface area contributed by atoms with E-state index < -0.39 is 0 Å². The second-order valence-electron chi connectivity index (χ2n) is 6.24. The standard InChI is InChI=1S/C17H22Cl2N4O2.HI/c1-20-17(23-14-9-11-3-5-15(14)25-11)22-7-6-21-16(24)10-2-4-12(18)13(19)8-10;/h2,4,8,11,14-15H,3,5-7,9H2,1H3,(H,21,24)(H2,20,22,23);1H. The number of carbonyl (C=O) groups is 1. The fourth-order valence-electron chi connectivity index (χ4n) is 3.26. The summed E-state index contributed by atoms with van der Waals surface area (Å²) >= 11 is 11.8. The van der Waals surface area contributed by atoms with E-state index in [-0.39, 0.29) is 36.0 Å². The van der Waals surface area contributed by atoms with Crippen LogP contribution in [0.3, 0.4) is 0 Å². The van der Waals surface area contributed by atoms with Crippen molar-refractivity contribution in [2.45, 2.75) is 37.5 Å². The Hall–Kier alpha value is -0.770. The van der Waals surface area contributed by atoms with Gasteiger partial charge >= 0.3 is 0 Å². The third-order valence-corrected chi connectivity index (χ3v) is 5.28. The first kappa shape index (κ1) is 21.5. The Morgan fingerprint density at radius 1 is 1.23 bits per heavy atom. The maximum atomic E-state index is 12.1. The maximum Gasteiger partial charge on any atom is 0.251 e. The third-order valence-electron chi connectivity index (χ3n) is 4.54. The molecule has 26 heavy (non-hydrogen) atoms. The largest absolute Gasteiger partial charge is 0.373 e. The van der Waals surface area contributed by atoms with Gasteiger partial charge in [-0.3, -0.25) is 9.79 Å². The molecule has 0 radical (unpaired) electrons. The van der Waals surface area contributed by atoms with Crippen molar-refractivity contribution in [3.63, 3.8) is 0 Å². The Morgan fingerprint density at radius 3 is 2.62 bits per heavy atom. The van der Waals surface area contributed by atoms with Gasteiger partial charge in [-0.2, -0.15) is 0 Å². The molecule has 0 spiro atoms. The lowest BCUT2D eigenvalue weighted by Gasteiger charge is -2.22. The summed E-state index contributed by atoms with van der Waals surface area (Å²) in [5.74, 6) is 0.537. The highest BCUT2D eigenvalue weighted by Gasteiger charge is 2.41. The van der Waals surface area contributed by atoms with Crippen molar-refractivity contribution < 1.29 is 9.53 Å². The van der Waals surface area contributed by atoms with Crippen LogP contribution in [0, 0.1) is 0 Å². The third kappa shape index (κ3) is 5.37. The van der Waals surface area contributed by atoms with Crippen molar-refractivity contribution in [1.29, 1.82) is 0 Å². The first-order chi connectivity index (χ1) is 12.1. The van der Waals surface area contributed by atoms with E-state index in [0.717, 1.165) is 25.2 Å². The number of amides is 1. The summed E-state index contributed by atoms with van der Waals surface area (Å²) < 4.78 is 5.83. The molecule has 0 saturated carbocycles. The predicted molar refractivity (Wildman–Crippen MR) is 115 cm³/mol. The number of halogens is 3. The van der Waals surface area contributed by atoms with Gasteiger partial charge in [-0.15, -0.1) is 24.0 Å². The molecule has 2 heterocycles. The molecule has 0 aliphatic carbocycles. The number of nitrogens with zero attached hydrogens (tertiary/aromatic N) is 1. The van der Waals surface area contributed by atoms with E-state index in [1.54, 1.807) is 25.2 Å². The molecule has 9 heteroatoms. The highest BCUT2D eigenvalue weighted by Crippen LogP contribution is 2.34. The Kier molecular flexibility index (Phi) is 8.25. The minimum atomic E-state index is -0.190. The SMILES string of the molecule is CN=C(NCCNC(=O)c1ccc(Cl)c(Cl)c1)NC1CC2CCC1O2.I. The number of carbonyl (C=O) groups excluding carboxylic acids is 1. The van der Waals surface area contributed by atoms with E-state index in [2.05, 4.69) is 20.9 Å². The Labute approximate surface area is 180 Å². The van der Waals surface area contributed by atoms with E-state index in [4.69, 9.17) is 27.9 Å². The minimum absolute atomic E-state index is 0. The summed E-state index contributed by atoms with van der Waals surface area (Å²) in [5.41, 5.74) is 0.482. The van der Waals surface area contributed by atoms with Crippen LogP contribution in [0.15, 0.2) is 23.2 Å². The molecule has 3 unspecified atom stereocenters. The highest BCUT2D eigenvalue weighted by atomic mass is 127. The maximum absolute atomic E-state index is 12.1. The fraction of sp³-hybridized carbons (Fsp3) is 0.529. The van der Waals surface area contributed by atoms with Crippen LogP contribution in [-0.2, 0) is 4.74 Å². The molecule has 2 fully saturated rings. The molecular weight excluding hydrogens is 490 g/mol. The average Bonchev–Trinajstić information content (AvgIpc) is 3.22. The number of nitrogens with one attached hydrogen (secondary N) is 3. The normalized spacial score (nSPS) is 24.1. The van der Waals surface area contributed by atoms with Crippen molar-refractivity contribution in [3.8, 4) is 0 Å². The van der Waals surface area contributed by atoms with Crippen LogP contribution in [0.25, 0.3) is 0 Å². The molecule has 3 N–H and O–H groups in total. The van der Waals surface area contributed by atoms with Gasteiger partial charge in [0.1, 0.15) is 0 Å². The van der Waals surface area contributed by atoms with Crippen molar-refractivity contribution >= 4 is 59.0 Å². The lowest BCUT2D eigenvalue weighted by molar-refractivity contribution is 0.0954. The van der Waals surface area contributed by atoms with Gasteiger partial charge in [-0.05, 0) is 37.5 Å². The summed E-state index contributed by atoms with van der Waals surface area (Å²) in [6.45, 7) is 1.03. The molecule has 1 amide bonds. The van der Waals surface area contributed by atoms with Crippen molar-refractivity contribution in [2.24, 2.45) is 4.99 Å². The predicted octanol–water partition coefficient (Wildman–Crippen LogP) is 2.83. The molecule has 2 aliphatic rings. The molecule has 1 aromatic rings. The zero-order valence-corrected chi connectivity index (χ0v) is 18.3. The van der Waals surface area contributed by atoms with Gasteiger partial charge in [0.25, 0.3) is 5.91 Å². The molecule has 3 rings (SSSR count). The molecule has 144 valence electrons. The second kappa shape index (κ2) is 9.96. The first-order valence-corrected chi connectivity index (χ1v) is 9.18. The summed E-state index contributed by atoms with van der Waals surface area (Å²) in [7, 11) is 1.73. The molecular formula is C17H23Cl2IN4O2. The average molecular weight is 513 g/mol. The van der Waals surface area contributed by atoms with Crippen molar-refractivity contribution in [2.75, 3.05) is 20.1 Å². The van der Waals surface area contributed by atoms with Crippen LogP contribution in [0.1, 0.15) is 29.6 Å². The number of ether oxygens (including phenoxy) is 1. The van der Waals surface area contributed by atoms with Crippen LogP contribution in [0.5, 0.6) is 0 Å². The monoisotopic (exact) mass is 512 g/mol. The van der Waals surface area contributed by atoms with E-state index in [1.165, 1.54) is 0 Å². The van der Waals surface area contributed by atoms with Crippen LogP contribution in [0.4, 0.5) is 0 Å². The Balaban J connectivity index is 0.00000243. The van der Waals surface area contributed by atoms with Gasteiger partial charge in [0.05, 0.1) is 28.3 Å². The van der Waals surface area contributed by atoms with Crippen molar-refractivity contribution in [1.82, 2.24) is 16.0 Å². The van der Waals surface area contributed by atoms with Crippen LogP contribution >= 0.6 is 47.2 Å². The lowest BCUT2D eigenvalue weighted by Crippen LogP contribution is -2.48. The molecule has 1 aromatic carbocycles. The van der Waals surface area contributed by atoms with Gasteiger partial charge in [0.2, 0.25) is 0 Å². The lowest BCUT2D eigenvalue weighted by atomic mass is 9.96. The summed E-state index contributed by atoms with van der Waals surface area (Å²) in [5, 5.41) is 10.2. The molecule has 6 nitrogen and oxygen atoms in total. The van der Waals surface area contributed by atoms with Gasteiger partial charge in [0.15, 0.2) is 5.96 Å². The zero-order valence-electron chi connectivity index (χ0n) is 14.4. The quantitative estimate of drug-likeness (QED) is 0.245. The van der Waals surface area contributed by atoms with Crippen LogP contribution < -0.4 is 16.0 Å². The molecule has 2 aliphatic heterocycles. The number of aliphatic imine (C=N–C) groups is 1. The van der Waals surface area contributed by atoms with Crippen LogP contribution in [0.2, 0.25) is 10.0 Å². The smallest absolute Gasteiger partial charge is 0.251 e. The minimum Gasteiger partial charge on any atom is -0.373 e. The summed E-state index contributed by atoms with van der Waals surface area (Å²) in [4.78, 5) is 16.3. The van der Waals surface area contributed by atoms with Crippen molar-refractivity contribution in [3.05, 3.63) is 33.8 Å². The van der Waals surface area contributed by atoms with Gasteiger partial charge < -0.3 is 20.7 Å². The molecule has 2 bridgehead atoms. The molecule has 3 atom stereocenters. The zero-order chi connectivity index (χ0) is 17.8. The van der Waals surface area contributed by atoms with Crippen LogP contribution in [-0.4, -0.2) is 50.3 Å². The molecule has 2 saturated heterocycles. The number of hydrogen-bond donors (Lipinski definition) is 3. The second-order valence-corrected chi connectivity index (χ2v) is 7.06. The first-order valence-electron chi connectivity index (χ1n) is 8.42. The number of rotatable bonds is 5. The summed E-state index contributed by atoms with van der Waals surface area (Å²) in [6.07, 6.45) is 3.98. The summed E-state index contributed by atoms with van der Waals surface area (Å²) in [6, 6.07) is 5.13. The van der Waals surface area contributed by atoms with Gasteiger partial charge in [-0.1, -0.05) is 23.2 Å². The Morgan fingerprint density at radius 2 is 2.00 bits per heavy atom. The van der Waals surface area contributed by atoms with Gasteiger partial charge in [-0.25, -0.2) is 0 Å². The van der Waals surface area contributed by atoms with E-state index in [0.29, 0.717) is 40.8 Å².